The third-order valence-electron chi connectivity index (χ3n) is 3.20. The maximum Gasteiger partial charge on any atom is 0.429 e. The second-order valence-electron chi connectivity index (χ2n) is 6.12. The Bertz CT molecular complexity index is 566. The van der Waals surface area contributed by atoms with Crippen LogP contribution >= 0.6 is 0 Å². The van der Waals surface area contributed by atoms with E-state index in [2.05, 4.69) is 0 Å². The minimum absolute atomic E-state index is 0.381. The molecule has 0 radical (unpaired) electrons. The maximum atomic E-state index is 12.3. The molecule has 1 saturated heterocycles. The van der Waals surface area contributed by atoms with Crippen molar-refractivity contribution in [1.29, 1.82) is 0 Å². The number of rotatable bonds is 2. The van der Waals surface area contributed by atoms with E-state index in [1.54, 1.807) is 23.2 Å². The highest BCUT2D eigenvalue weighted by molar-refractivity contribution is 5.90. The van der Waals surface area contributed by atoms with Crippen LogP contribution in [0.25, 0.3) is 0 Å². The Morgan fingerprint density at radius 1 is 1.18 bits per heavy atom. The topological polar surface area (TPSA) is 59.1 Å². The lowest BCUT2D eigenvalue weighted by Gasteiger charge is -2.31. The van der Waals surface area contributed by atoms with Crippen LogP contribution in [0.15, 0.2) is 24.3 Å². The quantitative estimate of drug-likeness (QED) is 0.786. The average Bonchev–Trinajstić information content (AvgIpc) is 2.94. The van der Waals surface area contributed by atoms with E-state index in [4.69, 9.17) is 9.47 Å². The normalized spacial score (nSPS) is 14.9. The minimum atomic E-state index is -0.542. The summed E-state index contributed by atoms with van der Waals surface area (Å²) >= 11 is 0. The Morgan fingerprint density at radius 3 is 2.55 bits per heavy atom. The van der Waals surface area contributed by atoms with Crippen LogP contribution in [0, 0.1) is 0 Å². The molecule has 0 unspecified atom stereocenters. The number of methoxy groups -OCH3 is 1. The Kier molecular flexibility index (Phi) is 4.59. The average molecular weight is 306 g/mol. The molecule has 6 heteroatoms. The molecule has 0 aromatic heterocycles. The summed E-state index contributed by atoms with van der Waals surface area (Å²) in [5.41, 5.74) is 0.682. The van der Waals surface area contributed by atoms with Gasteiger partial charge in [-0.25, -0.2) is 14.6 Å². The molecule has 1 amide bonds. The highest BCUT2D eigenvalue weighted by Crippen LogP contribution is 2.24. The molecule has 1 aromatic rings. The van der Waals surface area contributed by atoms with E-state index < -0.39 is 11.6 Å². The predicted molar refractivity (Wildman–Crippen MR) is 82.7 cm³/mol. The highest BCUT2D eigenvalue weighted by atomic mass is 16.6. The van der Waals surface area contributed by atoms with Gasteiger partial charge in [-0.1, -0.05) is 6.07 Å². The van der Waals surface area contributed by atoms with Gasteiger partial charge >= 0.3 is 12.1 Å². The number of esters is 1. The number of carbonyl (C=O) groups is 2. The van der Waals surface area contributed by atoms with Crippen LogP contribution in [0.3, 0.4) is 0 Å². The van der Waals surface area contributed by atoms with Crippen LogP contribution in [0.1, 0.15) is 37.6 Å². The van der Waals surface area contributed by atoms with Gasteiger partial charge < -0.3 is 9.47 Å². The van der Waals surface area contributed by atoms with Crippen molar-refractivity contribution >= 4 is 17.7 Å². The van der Waals surface area contributed by atoms with E-state index in [0.29, 0.717) is 18.7 Å². The second kappa shape index (κ2) is 6.25. The lowest BCUT2D eigenvalue weighted by Crippen LogP contribution is -2.44. The summed E-state index contributed by atoms with van der Waals surface area (Å²) in [5, 5.41) is 3.40. The monoisotopic (exact) mass is 306 g/mol. The largest absolute Gasteiger partial charge is 0.465 e. The lowest BCUT2D eigenvalue weighted by molar-refractivity contribution is 0.0274. The number of benzene rings is 1. The van der Waals surface area contributed by atoms with Crippen molar-refractivity contribution in [2.45, 2.75) is 32.8 Å². The molecule has 1 aromatic carbocycles. The smallest absolute Gasteiger partial charge is 0.429 e. The zero-order valence-electron chi connectivity index (χ0n) is 13.5. The predicted octanol–water partition coefficient (Wildman–Crippen LogP) is 2.84. The van der Waals surface area contributed by atoms with E-state index in [9.17, 15) is 9.59 Å². The summed E-state index contributed by atoms with van der Waals surface area (Å²) in [6, 6.07) is 7.03. The van der Waals surface area contributed by atoms with E-state index >= 15 is 0 Å². The van der Waals surface area contributed by atoms with E-state index in [1.165, 1.54) is 7.11 Å². The first kappa shape index (κ1) is 16.1. The summed E-state index contributed by atoms with van der Waals surface area (Å²) in [4.78, 5) is 23.9. The molecule has 1 fully saturated rings. The number of hydrogen-bond acceptors (Lipinski definition) is 5. The summed E-state index contributed by atoms with van der Waals surface area (Å²) < 4.78 is 10.2. The zero-order valence-corrected chi connectivity index (χ0v) is 13.5. The summed E-state index contributed by atoms with van der Waals surface area (Å²) in [5.74, 6) is -0.398. The second-order valence-corrected chi connectivity index (χ2v) is 6.12. The first-order chi connectivity index (χ1) is 10.3. The van der Waals surface area contributed by atoms with Gasteiger partial charge in [-0.2, -0.15) is 0 Å². The molecule has 6 nitrogen and oxygen atoms in total. The lowest BCUT2D eigenvalue weighted by atomic mass is 10.2. The number of carbonyl (C=O) groups excluding carboxylic acids is 2. The number of nitrogens with zero attached hydrogens (tertiary/aromatic N) is 2. The Balaban J connectivity index is 2.20. The van der Waals surface area contributed by atoms with E-state index in [0.717, 1.165) is 12.1 Å². The van der Waals surface area contributed by atoms with E-state index in [1.807, 2.05) is 31.8 Å². The van der Waals surface area contributed by atoms with Gasteiger partial charge in [0.1, 0.15) is 5.60 Å². The molecular weight excluding hydrogens is 284 g/mol. The van der Waals surface area contributed by atoms with Crippen LogP contribution in [0.2, 0.25) is 0 Å². The summed E-state index contributed by atoms with van der Waals surface area (Å²) in [6.45, 7) is 6.80. The zero-order chi connectivity index (χ0) is 16.3. The first-order valence-corrected chi connectivity index (χ1v) is 7.28. The number of hydrazine groups is 1. The van der Waals surface area contributed by atoms with Gasteiger partial charge in [-0.15, -0.1) is 0 Å². The molecule has 120 valence electrons. The third-order valence-corrected chi connectivity index (χ3v) is 3.20. The molecule has 0 aliphatic carbocycles. The van der Waals surface area contributed by atoms with Crippen LogP contribution in [0.4, 0.5) is 10.5 Å². The Hall–Kier alpha value is -2.24. The van der Waals surface area contributed by atoms with Crippen molar-refractivity contribution in [2.24, 2.45) is 0 Å². The first-order valence-electron chi connectivity index (χ1n) is 7.28. The van der Waals surface area contributed by atoms with Crippen molar-refractivity contribution in [2.75, 3.05) is 25.2 Å². The number of hydrogen-bond donors (Lipinski definition) is 0. The van der Waals surface area contributed by atoms with Crippen LogP contribution < -0.4 is 5.01 Å². The van der Waals surface area contributed by atoms with Crippen molar-refractivity contribution in [3.63, 3.8) is 0 Å². The van der Waals surface area contributed by atoms with Gasteiger partial charge in [0.05, 0.1) is 18.4 Å². The Morgan fingerprint density at radius 2 is 1.91 bits per heavy atom. The fourth-order valence-electron chi connectivity index (χ4n) is 2.30. The molecule has 0 atom stereocenters. The fraction of sp³-hybridized carbons (Fsp3) is 0.500. The SMILES string of the molecule is COC(=O)c1cccc(N2CCCN2C(=O)OC(C)(C)C)c1. The molecule has 1 heterocycles. The maximum absolute atomic E-state index is 12.3. The summed E-state index contributed by atoms with van der Waals surface area (Å²) in [7, 11) is 1.35. The molecular formula is C16H22N2O4. The van der Waals surface area contributed by atoms with Crippen molar-refractivity contribution in [3.05, 3.63) is 29.8 Å². The molecule has 0 bridgehead atoms. The Labute approximate surface area is 130 Å². The van der Waals surface area contributed by atoms with Crippen molar-refractivity contribution in [3.8, 4) is 0 Å². The van der Waals surface area contributed by atoms with E-state index in [-0.39, 0.29) is 6.09 Å². The fourth-order valence-corrected chi connectivity index (χ4v) is 2.30. The molecule has 1 aliphatic heterocycles. The molecule has 0 N–H and O–H groups in total. The van der Waals surface area contributed by atoms with Gasteiger partial charge in [-0.05, 0) is 45.4 Å². The van der Waals surface area contributed by atoms with Gasteiger partial charge in [0.15, 0.2) is 0 Å². The number of amides is 1. The molecule has 2 rings (SSSR count). The molecule has 22 heavy (non-hydrogen) atoms. The summed E-state index contributed by atoms with van der Waals surface area (Å²) in [6.07, 6.45) is 0.468. The minimum Gasteiger partial charge on any atom is -0.465 e. The standard InChI is InChI=1S/C16H22N2O4/c1-16(2,3)22-15(20)18-10-6-9-17(18)13-8-5-7-12(11-13)14(19)21-4/h5,7-8,11H,6,9-10H2,1-4H3. The highest BCUT2D eigenvalue weighted by Gasteiger charge is 2.31. The number of anilines is 1. The molecule has 1 aliphatic rings. The van der Waals surface area contributed by atoms with Crippen molar-refractivity contribution < 1.29 is 19.1 Å². The molecule has 0 spiro atoms. The van der Waals surface area contributed by atoms with Gasteiger partial charge in [0.25, 0.3) is 0 Å². The van der Waals surface area contributed by atoms with Crippen LogP contribution in [0.5, 0.6) is 0 Å². The van der Waals surface area contributed by atoms with Crippen molar-refractivity contribution in [1.82, 2.24) is 5.01 Å². The van der Waals surface area contributed by atoms with Gasteiger partial charge in [0, 0.05) is 13.1 Å². The van der Waals surface area contributed by atoms with Gasteiger partial charge in [-0.3, -0.25) is 5.01 Å². The third kappa shape index (κ3) is 3.69. The van der Waals surface area contributed by atoms with Gasteiger partial charge in [0.2, 0.25) is 0 Å². The van der Waals surface area contributed by atoms with Crippen LogP contribution in [-0.4, -0.2) is 42.9 Å². The number of ether oxygens (including phenoxy) is 2. The molecule has 0 saturated carbocycles. The van der Waals surface area contributed by atoms with Crippen LogP contribution in [-0.2, 0) is 9.47 Å².